The molecule has 0 unspecified atom stereocenters. The molecule has 3 heterocycles. The predicted octanol–water partition coefficient (Wildman–Crippen LogP) is 4.41. The van der Waals surface area contributed by atoms with Crippen LogP contribution in [0.2, 0.25) is 0 Å². The first-order chi connectivity index (χ1) is 12.3. The topological polar surface area (TPSA) is 43.1 Å². The van der Waals surface area contributed by atoms with Gasteiger partial charge in [-0.25, -0.2) is 14.5 Å². The lowest BCUT2D eigenvalue weighted by molar-refractivity contribution is 0.850. The minimum Gasteiger partial charge on any atom is -0.225 e. The molecule has 0 N–H and O–H groups in total. The molecule has 0 bridgehead atoms. The zero-order valence-corrected chi connectivity index (χ0v) is 14.9. The predicted molar refractivity (Wildman–Crippen MR) is 99.5 cm³/mol. The average Bonchev–Trinajstić information content (AvgIpc) is 2.94. The average molecular weight is 346 g/mol. The van der Waals surface area contributed by atoms with Crippen molar-refractivity contribution in [3.63, 3.8) is 0 Å². The summed E-state index contributed by atoms with van der Waals surface area (Å²) in [5.74, 6) is 2.00. The normalized spacial score (nSPS) is 22.0. The summed E-state index contributed by atoms with van der Waals surface area (Å²) in [4.78, 5) is 12.2. The maximum Gasteiger partial charge on any atom is 0.167 e. The zero-order valence-electron chi connectivity index (χ0n) is 14.1. The van der Waals surface area contributed by atoms with Crippen LogP contribution in [0.15, 0.2) is 30.6 Å². The summed E-state index contributed by atoms with van der Waals surface area (Å²) in [5, 5.41) is 6.03. The number of benzene rings is 1. The van der Waals surface area contributed by atoms with Crippen LogP contribution >= 0.6 is 11.3 Å². The Labute approximate surface area is 149 Å². The lowest BCUT2D eigenvalue weighted by Gasteiger charge is -1.99. The number of thiophene rings is 1. The standard InChI is InChI=1S/C20H18N4S/c1-11-5-7-12(8-6-11)14-9-15(14)18-22-19-17-13-3-2-4-16(13)25-20(17)21-10-24(19)23-18/h5-8,10,14-15H,2-4,9H2,1H3/t14-,15-/m1/s1. The third-order valence-electron chi connectivity index (χ3n) is 5.69. The van der Waals surface area contributed by atoms with E-state index in [-0.39, 0.29) is 0 Å². The Hall–Kier alpha value is -2.27. The zero-order chi connectivity index (χ0) is 16.5. The monoisotopic (exact) mass is 346 g/mol. The molecule has 0 saturated heterocycles. The van der Waals surface area contributed by atoms with Gasteiger partial charge in [-0.1, -0.05) is 29.8 Å². The van der Waals surface area contributed by atoms with Gasteiger partial charge in [0.2, 0.25) is 0 Å². The van der Waals surface area contributed by atoms with Gasteiger partial charge in [0.25, 0.3) is 0 Å². The van der Waals surface area contributed by atoms with E-state index in [0.717, 1.165) is 29.1 Å². The van der Waals surface area contributed by atoms with Crippen LogP contribution in [0.5, 0.6) is 0 Å². The largest absolute Gasteiger partial charge is 0.225 e. The first kappa shape index (κ1) is 14.0. The number of hydrogen-bond donors (Lipinski definition) is 0. The van der Waals surface area contributed by atoms with Crippen molar-refractivity contribution in [2.75, 3.05) is 0 Å². The Morgan fingerprint density at radius 2 is 2.00 bits per heavy atom. The van der Waals surface area contributed by atoms with Crippen LogP contribution in [0.25, 0.3) is 15.9 Å². The quantitative estimate of drug-likeness (QED) is 0.540. The summed E-state index contributed by atoms with van der Waals surface area (Å²) in [7, 11) is 0. The van der Waals surface area contributed by atoms with Crippen molar-refractivity contribution in [3.05, 3.63) is 58.0 Å². The van der Waals surface area contributed by atoms with Gasteiger partial charge in [-0.05, 0) is 49.7 Å². The lowest BCUT2D eigenvalue weighted by Crippen LogP contribution is -1.91. The smallest absolute Gasteiger partial charge is 0.167 e. The van der Waals surface area contributed by atoms with Crippen LogP contribution in [0.1, 0.15) is 52.1 Å². The highest BCUT2D eigenvalue weighted by molar-refractivity contribution is 7.19. The SMILES string of the molecule is Cc1ccc([C@H]2C[C@H]2c2nc3c4c5c(sc4ncn3n2)CCC5)cc1. The molecule has 5 heteroatoms. The molecule has 0 spiro atoms. The minimum absolute atomic E-state index is 0.448. The van der Waals surface area contributed by atoms with Crippen LogP contribution < -0.4 is 0 Å². The van der Waals surface area contributed by atoms with E-state index in [4.69, 9.17) is 10.1 Å². The third kappa shape index (κ3) is 2.02. The Morgan fingerprint density at radius 1 is 1.12 bits per heavy atom. The van der Waals surface area contributed by atoms with Crippen molar-refractivity contribution in [2.24, 2.45) is 0 Å². The molecule has 0 aliphatic heterocycles. The molecular weight excluding hydrogens is 328 g/mol. The number of nitrogens with zero attached hydrogens (tertiary/aromatic N) is 4. The van der Waals surface area contributed by atoms with Crippen LogP contribution in [-0.2, 0) is 12.8 Å². The van der Waals surface area contributed by atoms with E-state index in [9.17, 15) is 0 Å². The molecular formula is C20H18N4S. The Balaban J connectivity index is 1.43. The van der Waals surface area contributed by atoms with Crippen molar-refractivity contribution in [1.29, 1.82) is 0 Å². The van der Waals surface area contributed by atoms with Gasteiger partial charge >= 0.3 is 0 Å². The molecule has 2 aliphatic carbocycles. The van der Waals surface area contributed by atoms with E-state index in [1.54, 1.807) is 0 Å². The molecule has 0 amide bonds. The van der Waals surface area contributed by atoms with Crippen molar-refractivity contribution in [2.45, 2.75) is 44.4 Å². The van der Waals surface area contributed by atoms with Gasteiger partial charge in [0.15, 0.2) is 11.5 Å². The molecule has 25 heavy (non-hydrogen) atoms. The first-order valence-corrected chi connectivity index (χ1v) is 9.81. The van der Waals surface area contributed by atoms with Gasteiger partial charge in [0, 0.05) is 10.8 Å². The molecule has 3 aromatic heterocycles. The molecule has 124 valence electrons. The first-order valence-electron chi connectivity index (χ1n) is 9.00. The lowest BCUT2D eigenvalue weighted by atomic mass is 10.1. The van der Waals surface area contributed by atoms with Gasteiger partial charge in [-0.15, -0.1) is 16.4 Å². The summed E-state index contributed by atoms with van der Waals surface area (Å²) in [6.45, 7) is 2.13. The highest BCUT2D eigenvalue weighted by Gasteiger charge is 2.42. The second kappa shape index (κ2) is 4.88. The van der Waals surface area contributed by atoms with E-state index in [2.05, 4.69) is 36.2 Å². The van der Waals surface area contributed by atoms with Gasteiger partial charge in [-0.3, -0.25) is 0 Å². The van der Waals surface area contributed by atoms with Crippen molar-refractivity contribution >= 4 is 27.2 Å². The molecule has 4 aromatic rings. The summed E-state index contributed by atoms with van der Waals surface area (Å²) < 4.78 is 1.90. The summed E-state index contributed by atoms with van der Waals surface area (Å²) in [6, 6.07) is 8.90. The summed E-state index contributed by atoms with van der Waals surface area (Å²) in [6.07, 6.45) is 6.61. The summed E-state index contributed by atoms with van der Waals surface area (Å²) in [5.41, 5.74) is 5.21. The molecule has 2 atom stereocenters. The fourth-order valence-corrected chi connectivity index (χ4v) is 5.45. The van der Waals surface area contributed by atoms with E-state index in [0.29, 0.717) is 11.8 Å². The van der Waals surface area contributed by atoms with E-state index < -0.39 is 0 Å². The number of fused-ring (bicyclic) bond motifs is 5. The fraction of sp³-hybridized carbons (Fsp3) is 0.350. The number of rotatable bonds is 2. The Morgan fingerprint density at radius 3 is 2.88 bits per heavy atom. The second-order valence-electron chi connectivity index (χ2n) is 7.38. The van der Waals surface area contributed by atoms with E-state index >= 15 is 0 Å². The highest BCUT2D eigenvalue weighted by Crippen LogP contribution is 2.53. The van der Waals surface area contributed by atoms with Gasteiger partial charge in [-0.2, -0.15) is 0 Å². The van der Waals surface area contributed by atoms with Crippen LogP contribution in [0.4, 0.5) is 0 Å². The fourth-order valence-electron chi connectivity index (χ4n) is 4.23. The van der Waals surface area contributed by atoms with Gasteiger partial charge in [0.05, 0.1) is 5.39 Å². The molecule has 0 radical (unpaired) electrons. The van der Waals surface area contributed by atoms with Gasteiger partial charge in [0.1, 0.15) is 11.2 Å². The maximum absolute atomic E-state index is 4.96. The second-order valence-corrected chi connectivity index (χ2v) is 8.46. The minimum atomic E-state index is 0.448. The van der Waals surface area contributed by atoms with Crippen molar-refractivity contribution in [1.82, 2.24) is 19.6 Å². The van der Waals surface area contributed by atoms with Gasteiger partial charge < -0.3 is 0 Å². The molecule has 4 nitrogen and oxygen atoms in total. The van der Waals surface area contributed by atoms with Crippen molar-refractivity contribution < 1.29 is 0 Å². The van der Waals surface area contributed by atoms with Crippen LogP contribution in [0.3, 0.4) is 0 Å². The maximum atomic E-state index is 4.96. The third-order valence-corrected chi connectivity index (χ3v) is 6.89. The van der Waals surface area contributed by atoms with Crippen LogP contribution in [-0.4, -0.2) is 19.6 Å². The molecule has 1 aromatic carbocycles. The molecule has 2 aliphatic rings. The van der Waals surface area contributed by atoms with Crippen molar-refractivity contribution in [3.8, 4) is 0 Å². The number of hydrogen-bond acceptors (Lipinski definition) is 4. The number of aryl methyl sites for hydroxylation is 3. The Bertz CT molecular complexity index is 1120. The summed E-state index contributed by atoms with van der Waals surface area (Å²) >= 11 is 1.84. The van der Waals surface area contributed by atoms with E-state index in [1.807, 2.05) is 22.2 Å². The molecule has 6 rings (SSSR count). The van der Waals surface area contributed by atoms with E-state index in [1.165, 1.54) is 39.8 Å². The van der Waals surface area contributed by atoms with Crippen LogP contribution in [0, 0.1) is 6.92 Å². The Kier molecular flexibility index (Phi) is 2.73. The number of aromatic nitrogens is 4. The molecule has 1 fully saturated rings. The highest BCUT2D eigenvalue weighted by atomic mass is 32.1. The molecule has 1 saturated carbocycles.